The van der Waals surface area contributed by atoms with E-state index >= 15 is 0 Å². The number of carboxylic acids is 1. The lowest BCUT2D eigenvalue weighted by molar-refractivity contribution is -0.136. The second-order valence-corrected chi connectivity index (χ2v) is 10.4. The van der Waals surface area contributed by atoms with Gasteiger partial charge < -0.3 is 14.4 Å². The Labute approximate surface area is 200 Å². The maximum atomic E-state index is 10.7. The van der Waals surface area contributed by atoms with E-state index in [1.807, 2.05) is 25.1 Å². The molecule has 2 heterocycles. The van der Waals surface area contributed by atoms with Crippen molar-refractivity contribution in [2.45, 2.75) is 25.9 Å². The van der Waals surface area contributed by atoms with Crippen molar-refractivity contribution in [1.82, 2.24) is 10.1 Å². The number of hydrogen-bond acceptors (Lipinski definition) is 9. The first-order chi connectivity index (χ1) is 15.7. The fourth-order valence-electron chi connectivity index (χ4n) is 2.56. The SMILES string of the molecule is C[C@@H](Oc1cc2onc(CCC(=O)O)c2cc1Cl)c1ccccn1.O=S(=O)(O)CCS(=O)(=O)O. The van der Waals surface area contributed by atoms with Gasteiger partial charge in [0, 0.05) is 24.1 Å². The van der Waals surface area contributed by atoms with Crippen molar-refractivity contribution >= 4 is 48.8 Å². The number of ether oxygens (including phenoxy) is 1. The second kappa shape index (κ2) is 11.6. The molecule has 3 rings (SSSR count). The van der Waals surface area contributed by atoms with Crippen molar-refractivity contribution < 1.29 is 45.1 Å². The summed E-state index contributed by atoms with van der Waals surface area (Å²) in [6.45, 7) is 1.88. The van der Waals surface area contributed by atoms with Crippen LogP contribution in [-0.2, 0) is 31.5 Å². The summed E-state index contributed by atoms with van der Waals surface area (Å²) in [6.07, 6.45) is 1.68. The molecule has 0 bridgehead atoms. The normalized spacial score (nSPS) is 12.6. The van der Waals surface area contributed by atoms with E-state index in [-0.39, 0.29) is 18.9 Å². The molecule has 34 heavy (non-hydrogen) atoms. The highest BCUT2D eigenvalue weighted by Gasteiger charge is 2.16. The minimum absolute atomic E-state index is 0.0196. The molecule has 0 aliphatic rings. The molecule has 3 N–H and O–H groups in total. The molecule has 186 valence electrons. The Morgan fingerprint density at radius 2 is 1.79 bits per heavy atom. The van der Waals surface area contributed by atoms with Crippen LogP contribution in [0.2, 0.25) is 5.02 Å². The van der Waals surface area contributed by atoms with Crippen LogP contribution in [-0.4, -0.2) is 58.7 Å². The predicted molar refractivity (Wildman–Crippen MR) is 121 cm³/mol. The Morgan fingerprint density at radius 3 is 2.32 bits per heavy atom. The molecule has 1 aromatic carbocycles. The largest absolute Gasteiger partial charge is 0.483 e. The summed E-state index contributed by atoms with van der Waals surface area (Å²) in [7, 11) is -8.59. The highest BCUT2D eigenvalue weighted by atomic mass is 35.5. The van der Waals surface area contributed by atoms with Crippen molar-refractivity contribution in [1.29, 1.82) is 0 Å². The van der Waals surface area contributed by atoms with Gasteiger partial charge in [0.25, 0.3) is 20.2 Å². The summed E-state index contributed by atoms with van der Waals surface area (Å²) in [5.41, 5.74) is 1.86. The van der Waals surface area contributed by atoms with E-state index in [1.165, 1.54) is 0 Å². The van der Waals surface area contributed by atoms with Crippen LogP contribution in [0.4, 0.5) is 0 Å². The van der Waals surface area contributed by atoms with Gasteiger partial charge in [-0.1, -0.05) is 22.8 Å². The molecule has 3 aromatic rings. The molecule has 0 fully saturated rings. The number of fused-ring (bicyclic) bond motifs is 1. The van der Waals surface area contributed by atoms with Crippen LogP contribution in [0.3, 0.4) is 0 Å². The van der Waals surface area contributed by atoms with E-state index in [4.69, 9.17) is 35.1 Å². The minimum Gasteiger partial charge on any atom is -0.483 e. The average molecular weight is 537 g/mol. The van der Waals surface area contributed by atoms with Gasteiger partial charge in [-0.3, -0.25) is 18.9 Å². The van der Waals surface area contributed by atoms with E-state index in [2.05, 4.69) is 10.1 Å². The summed E-state index contributed by atoms with van der Waals surface area (Å²) in [6, 6.07) is 8.94. The summed E-state index contributed by atoms with van der Waals surface area (Å²) in [5.74, 6) is -2.39. The van der Waals surface area contributed by atoms with Gasteiger partial charge in [0.2, 0.25) is 0 Å². The summed E-state index contributed by atoms with van der Waals surface area (Å²) >= 11 is 6.30. The standard InChI is InChI=1S/C17H15ClN2O4.C2H6O6S2/c1-10(13-4-2-3-7-19-13)23-16-9-15-11(8-12(16)18)14(20-24-15)5-6-17(21)22;3-9(4,5)1-2-10(6,7)8/h2-4,7-10H,5-6H2,1H3,(H,21,22);1-2H2,(H,3,4,5)(H,6,7,8)/t10-;/m1./s1. The van der Waals surface area contributed by atoms with Crippen LogP contribution in [0.15, 0.2) is 41.1 Å². The molecular weight excluding hydrogens is 516 g/mol. The Hall–Kier alpha value is -2.78. The first-order valence-electron chi connectivity index (χ1n) is 9.52. The lowest BCUT2D eigenvalue weighted by atomic mass is 10.1. The second-order valence-electron chi connectivity index (χ2n) is 6.89. The van der Waals surface area contributed by atoms with E-state index in [9.17, 15) is 21.6 Å². The first-order valence-corrected chi connectivity index (χ1v) is 13.1. The Morgan fingerprint density at radius 1 is 1.15 bits per heavy atom. The zero-order valence-corrected chi connectivity index (χ0v) is 20.0. The lowest BCUT2D eigenvalue weighted by Crippen LogP contribution is -2.15. The Balaban J connectivity index is 0.000000347. The van der Waals surface area contributed by atoms with Gasteiger partial charge in [-0.25, -0.2) is 0 Å². The molecule has 0 saturated heterocycles. The van der Waals surface area contributed by atoms with E-state index < -0.39 is 37.7 Å². The average Bonchev–Trinajstić information content (AvgIpc) is 3.13. The van der Waals surface area contributed by atoms with Gasteiger partial charge in [-0.15, -0.1) is 0 Å². The lowest BCUT2D eigenvalue weighted by Gasteiger charge is -2.15. The summed E-state index contributed by atoms with van der Waals surface area (Å²) in [5, 5.41) is 13.8. The number of halogens is 1. The maximum absolute atomic E-state index is 10.7. The number of pyridine rings is 1. The third-order valence-electron chi connectivity index (χ3n) is 4.18. The van der Waals surface area contributed by atoms with Crippen molar-refractivity contribution in [3.8, 4) is 5.75 Å². The molecule has 0 spiro atoms. The van der Waals surface area contributed by atoms with Crippen molar-refractivity contribution in [3.63, 3.8) is 0 Å². The molecule has 0 aliphatic heterocycles. The molecule has 1 atom stereocenters. The predicted octanol–water partition coefficient (Wildman–Crippen LogP) is 2.80. The van der Waals surface area contributed by atoms with Gasteiger partial charge in [-0.2, -0.15) is 16.8 Å². The molecule has 15 heteroatoms. The van der Waals surface area contributed by atoms with Gasteiger partial charge in [0.1, 0.15) is 11.9 Å². The number of carboxylic acid groups (broad SMARTS) is 1. The zero-order chi connectivity index (χ0) is 25.5. The van der Waals surface area contributed by atoms with Crippen LogP contribution in [0.1, 0.15) is 30.8 Å². The smallest absolute Gasteiger partial charge is 0.303 e. The molecule has 0 saturated carbocycles. The fraction of sp³-hybridized carbons (Fsp3) is 0.316. The topological polar surface area (TPSA) is 194 Å². The summed E-state index contributed by atoms with van der Waals surface area (Å²) < 4.78 is 66.5. The number of rotatable bonds is 9. The number of aliphatic carboxylic acids is 1. The number of aryl methyl sites for hydroxylation is 1. The van der Waals surface area contributed by atoms with Crippen molar-refractivity contribution in [2.75, 3.05) is 11.5 Å². The number of hydrogen-bond donors (Lipinski definition) is 3. The number of carbonyl (C=O) groups is 1. The quantitative estimate of drug-likeness (QED) is 0.339. The van der Waals surface area contributed by atoms with Gasteiger partial charge in [0.05, 0.1) is 34.3 Å². The van der Waals surface area contributed by atoms with E-state index in [1.54, 1.807) is 18.3 Å². The fourth-order valence-corrected chi connectivity index (χ4v) is 4.46. The summed E-state index contributed by atoms with van der Waals surface area (Å²) in [4.78, 5) is 14.9. The Kier molecular flexibility index (Phi) is 9.35. The maximum Gasteiger partial charge on any atom is 0.303 e. The van der Waals surface area contributed by atoms with Crippen LogP contribution >= 0.6 is 11.6 Å². The molecule has 0 amide bonds. The third-order valence-corrected chi connectivity index (χ3v) is 6.18. The van der Waals surface area contributed by atoms with Gasteiger partial charge in [-0.05, 0) is 25.1 Å². The van der Waals surface area contributed by atoms with Crippen molar-refractivity contribution in [2.24, 2.45) is 0 Å². The zero-order valence-electron chi connectivity index (χ0n) is 17.7. The number of nitrogens with zero attached hydrogens (tertiary/aromatic N) is 2. The van der Waals surface area contributed by atoms with Gasteiger partial charge >= 0.3 is 5.97 Å². The number of aromatic nitrogens is 2. The minimum atomic E-state index is -4.30. The monoisotopic (exact) mass is 536 g/mol. The Bertz CT molecular complexity index is 1310. The first kappa shape index (κ1) is 27.5. The highest BCUT2D eigenvalue weighted by molar-refractivity contribution is 7.89. The van der Waals surface area contributed by atoms with Crippen LogP contribution in [0.25, 0.3) is 11.0 Å². The highest BCUT2D eigenvalue weighted by Crippen LogP contribution is 2.34. The molecule has 0 radical (unpaired) electrons. The van der Waals surface area contributed by atoms with Gasteiger partial charge in [0.15, 0.2) is 5.58 Å². The number of benzene rings is 1. The molecule has 12 nitrogen and oxygen atoms in total. The molecule has 0 aliphatic carbocycles. The molecule has 2 aromatic heterocycles. The molecule has 0 unspecified atom stereocenters. The van der Waals surface area contributed by atoms with Crippen LogP contribution < -0.4 is 4.74 Å². The molecular formula is C19H21ClN2O10S2. The van der Waals surface area contributed by atoms with Crippen LogP contribution in [0, 0.1) is 0 Å². The third kappa shape index (κ3) is 9.23. The van der Waals surface area contributed by atoms with Crippen molar-refractivity contribution in [3.05, 3.63) is 52.9 Å². The van der Waals surface area contributed by atoms with Crippen LogP contribution in [0.5, 0.6) is 5.75 Å². The van der Waals surface area contributed by atoms with E-state index in [0.29, 0.717) is 27.4 Å². The van der Waals surface area contributed by atoms with E-state index in [0.717, 1.165) is 5.69 Å².